The fraction of sp³-hybridized carbons (Fsp3) is 0. The molecule has 0 saturated heterocycles. The van der Waals surface area contributed by atoms with Gasteiger partial charge in [0.2, 0.25) is 0 Å². The predicted molar refractivity (Wildman–Crippen MR) is 130 cm³/mol. The summed E-state index contributed by atoms with van der Waals surface area (Å²) < 4.78 is 5.86. The highest BCUT2D eigenvalue weighted by molar-refractivity contribution is 6.05. The maximum Gasteiger partial charge on any atom is 0.255 e. The van der Waals surface area contributed by atoms with Gasteiger partial charge in [-0.2, -0.15) is 0 Å². The first-order chi connectivity index (χ1) is 16.2. The number of hydrogen-bond donors (Lipinski definition) is 2. The Labute approximate surface area is 190 Å². The normalized spacial score (nSPS) is 10.5. The maximum absolute atomic E-state index is 12.9. The Bertz CT molecular complexity index is 1420. The van der Waals surface area contributed by atoms with Crippen LogP contribution in [0.3, 0.4) is 0 Å². The fourth-order valence-electron chi connectivity index (χ4n) is 3.46. The molecule has 2 heterocycles. The molecular weight excluding hydrogens is 412 g/mol. The van der Waals surface area contributed by atoms with Gasteiger partial charge in [-0.05, 0) is 54.6 Å². The molecule has 0 spiro atoms. The van der Waals surface area contributed by atoms with Crippen molar-refractivity contribution in [2.45, 2.75) is 0 Å². The number of carbonyl (C=O) groups is 1. The largest absolute Gasteiger partial charge is 0.457 e. The quantitative estimate of drug-likeness (QED) is 0.324. The zero-order valence-electron chi connectivity index (χ0n) is 17.6. The summed E-state index contributed by atoms with van der Waals surface area (Å²) in [6, 6.07) is 27.9. The molecule has 6 heteroatoms. The Morgan fingerprint density at radius 1 is 0.758 bits per heavy atom. The van der Waals surface area contributed by atoms with Crippen molar-refractivity contribution in [1.29, 1.82) is 0 Å². The summed E-state index contributed by atoms with van der Waals surface area (Å²) in [5, 5.41) is 7.21. The number of benzene rings is 3. The van der Waals surface area contributed by atoms with Crippen molar-refractivity contribution in [3.8, 4) is 11.5 Å². The fourth-order valence-corrected chi connectivity index (χ4v) is 3.46. The number of amides is 1. The minimum atomic E-state index is -0.211. The van der Waals surface area contributed by atoms with E-state index in [1.807, 2.05) is 78.9 Å². The Hall–Kier alpha value is -4.71. The maximum atomic E-state index is 12.9. The van der Waals surface area contributed by atoms with Gasteiger partial charge in [-0.3, -0.25) is 14.8 Å². The molecule has 0 atom stereocenters. The van der Waals surface area contributed by atoms with Gasteiger partial charge in [0.15, 0.2) is 0 Å². The molecule has 0 radical (unpaired) electrons. The highest BCUT2D eigenvalue weighted by Crippen LogP contribution is 2.26. The highest BCUT2D eigenvalue weighted by atomic mass is 16.5. The minimum Gasteiger partial charge on any atom is -0.457 e. The van der Waals surface area contributed by atoms with E-state index in [0.29, 0.717) is 17.0 Å². The number of nitrogens with one attached hydrogen (secondary N) is 2. The molecule has 0 bridgehead atoms. The average Bonchev–Trinajstić information content (AvgIpc) is 2.85. The summed E-state index contributed by atoms with van der Waals surface area (Å²) >= 11 is 0. The van der Waals surface area contributed by atoms with Crippen LogP contribution in [-0.2, 0) is 0 Å². The number of nitrogens with zero attached hydrogens (tertiary/aromatic N) is 2. The van der Waals surface area contributed by atoms with Crippen LogP contribution in [0.1, 0.15) is 10.4 Å². The minimum absolute atomic E-state index is 0.211. The van der Waals surface area contributed by atoms with Crippen LogP contribution < -0.4 is 15.4 Å². The zero-order chi connectivity index (χ0) is 22.5. The summed E-state index contributed by atoms with van der Waals surface area (Å²) in [6.07, 6.45) is 5.22. The van der Waals surface area contributed by atoms with Gasteiger partial charge in [0, 0.05) is 47.0 Å². The lowest BCUT2D eigenvalue weighted by molar-refractivity contribution is 0.102. The van der Waals surface area contributed by atoms with Crippen molar-refractivity contribution >= 4 is 33.9 Å². The SMILES string of the molecule is O=C(Nc1cccc(Oc2ccccc2)c1)c1cccc(Nc2ccnc3ccncc23)c1. The van der Waals surface area contributed by atoms with Crippen LogP contribution in [0.5, 0.6) is 11.5 Å². The molecule has 0 fully saturated rings. The smallest absolute Gasteiger partial charge is 0.255 e. The summed E-state index contributed by atoms with van der Waals surface area (Å²) in [4.78, 5) is 21.4. The van der Waals surface area contributed by atoms with Crippen molar-refractivity contribution in [3.05, 3.63) is 115 Å². The predicted octanol–water partition coefficient (Wildman–Crippen LogP) is 6.42. The molecule has 0 saturated carbocycles. The van der Waals surface area contributed by atoms with Crippen LogP contribution >= 0.6 is 0 Å². The van der Waals surface area contributed by atoms with Crippen LogP contribution in [-0.4, -0.2) is 15.9 Å². The first-order valence-corrected chi connectivity index (χ1v) is 10.4. The summed E-state index contributed by atoms with van der Waals surface area (Å²) in [5.74, 6) is 1.17. The Balaban J connectivity index is 1.32. The van der Waals surface area contributed by atoms with Crippen molar-refractivity contribution < 1.29 is 9.53 Å². The number of aromatic nitrogens is 2. The first-order valence-electron chi connectivity index (χ1n) is 10.4. The third-order valence-corrected chi connectivity index (χ3v) is 5.02. The Morgan fingerprint density at radius 3 is 2.48 bits per heavy atom. The number of rotatable bonds is 6. The molecular formula is C27H20N4O2. The van der Waals surface area contributed by atoms with E-state index >= 15 is 0 Å². The molecule has 3 aromatic carbocycles. The first kappa shape index (κ1) is 20.2. The number of hydrogen-bond acceptors (Lipinski definition) is 5. The molecule has 160 valence electrons. The molecule has 0 aliphatic rings. The van der Waals surface area contributed by atoms with Gasteiger partial charge in [0.25, 0.3) is 5.91 Å². The van der Waals surface area contributed by atoms with Gasteiger partial charge in [0.05, 0.1) is 11.2 Å². The monoisotopic (exact) mass is 432 g/mol. The zero-order valence-corrected chi connectivity index (χ0v) is 17.6. The second kappa shape index (κ2) is 9.20. The molecule has 2 N–H and O–H groups in total. The number of carbonyl (C=O) groups excluding carboxylic acids is 1. The topological polar surface area (TPSA) is 76.1 Å². The van der Waals surface area contributed by atoms with Gasteiger partial charge in [-0.1, -0.05) is 30.3 Å². The molecule has 0 unspecified atom stereocenters. The molecule has 6 nitrogen and oxygen atoms in total. The van der Waals surface area contributed by atoms with Gasteiger partial charge in [0.1, 0.15) is 11.5 Å². The molecule has 1 amide bonds. The van der Waals surface area contributed by atoms with E-state index in [2.05, 4.69) is 20.6 Å². The molecule has 5 aromatic rings. The van der Waals surface area contributed by atoms with E-state index in [0.717, 1.165) is 28.0 Å². The standard InChI is InChI=1S/C27H20N4O2/c32-27(31-21-8-5-11-23(17-21)33-22-9-2-1-3-10-22)19-6-4-7-20(16-19)30-26-13-15-29-25-12-14-28-18-24(25)26/h1-18H,(H,29,30)(H,31,32). The van der Waals surface area contributed by atoms with Crippen molar-refractivity contribution in [2.24, 2.45) is 0 Å². The van der Waals surface area contributed by atoms with Crippen LogP contribution in [0.25, 0.3) is 10.9 Å². The number of para-hydroxylation sites is 1. The average molecular weight is 432 g/mol. The van der Waals surface area contributed by atoms with E-state index in [1.165, 1.54) is 0 Å². The van der Waals surface area contributed by atoms with E-state index in [4.69, 9.17) is 4.74 Å². The molecule has 2 aromatic heterocycles. The van der Waals surface area contributed by atoms with E-state index in [-0.39, 0.29) is 5.91 Å². The molecule has 5 rings (SSSR count). The van der Waals surface area contributed by atoms with Crippen LogP contribution in [0.2, 0.25) is 0 Å². The highest BCUT2D eigenvalue weighted by Gasteiger charge is 2.09. The second-order valence-corrected chi connectivity index (χ2v) is 7.35. The van der Waals surface area contributed by atoms with E-state index in [1.54, 1.807) is 30.7 Å². The van der Waals surface area contributed by atoms with Crippen molar-refractivity contribution in [3.63, 3.8) is 0 Å². The third-order valence-electron chi connectivity index (χ3n) is 5.02. The molecule has 0 aliphatic carbocycles. The lowest BCUT2D eigenvalue weighted by Gasteiger charge is -2.11. The number of fused-ring (bicyclic) bond motifs is 1. The summed E-state index contributed by atoms with van der Waals surface area (Å²) in [6.45, 7) is 0. The van der Waals surface area contributed by atoms with Crippen molar-refractivity contribution in [1.82, 2.24) is 9.97 Å². The van der Waals surface area contributed by atoms with Gasteiger partial charge in [-0.25, -0.2) is 0 Å². The second-order valence-electron chi connectivity index (χ2n) is 7.35. The number of ether oxygens (including phenoxy) is 1. The van der Waals surface area contributed by atoms with E-state index in [9.17, 15) is 4.79 Å². The van der Waals surface area contributed by atoms with Crippen LogP contribution in [0.4, 0.5) is 17.1 Å². The van der Waals surface area contributed by atoms with Crippen LogP contribution in [0, 0.1) is 0 Å². The number of anilines is 3. The van der Waals surface area contributed by atoms with Crippen LogP contribution in [0.15, 0.2) is 110 Å². The summed E-state index contributed by atoms with van der Waals surface area (Å²) in [5.41, 5.74) is 3.70. The van der Waals surface area contributed by atoms with Gasteiger partial charge >= 0.3 is 0 Å². The Morgan fingerprint density at radius 2 is 1.58 bits per heavy atom. The molecule has 0 aliphatic heterocycles. The lowest BCUT2D eigenvalue weighted by atomic mass is 10.1. The van der Waals surface area contributed by atoms with Gasteiger partial charge < -0.3 is 15.4 Å². The van der Waals surface area contributed by atoms with Crippen molar-refractivity contribution in [2.75, 3.05) is 10.6 Å². The molecule has 33 heavy (non-hydrogen) atoms. The third kappa shape index (κ3) is 4.80. The summed E-state index contributed by atoms with van der Waals surface area (Å²) in [7, 11) is 0. The lowest BCUT2D eigenvalue weighted by Crippen LogP contribution is -2.12. The van der Waals surface area contributed by atoms with E-state index < -0.39 is 0 Å². The Kier molecular flexibility index (Phi) is 5.63. The number of pyridine rings is 2. The van der Waals surface area contributed by atoms with Gasteiger partial charge in [-0.15, -0.1) is 0 Å².